The number of rotatable bonds is 9. The average molecular weight is 522 g/mol. The molecule has 0 radical (unpaired) electrons. The first-order chi connectivity index (χ1) is 17.3. The largest absolute Gasteiger partial charge is 0.455 e. The summed E-state index contributed by atoms with van der Waals surface area (Å²) in [6.07, 6.45) is 3.45. The van der Waals surface area contributed by atoms with Gasteiger partial charge in [-0.3, -0.25) is 4.79 Å². The zero-order valence-electron chi connectivity index (χ0n) is 19.7. The van der Waals surface area contributed by atoms with Crippen molar-refractivity contribution in [2.75, 3.05) is 11.9 Å². The molecule has 36 heavy (non-hydrogen) atoms. The maximum Gasteiger partial charge on any atom is 0.237 e. The van der Waals surface area contributed by atoms with Crippen molar-refractivity contribution < 1.29 is 9.53 Å². The first-order valence-corrected chi connectivity index (χ1v) is 12.5. The molecule has 0 unspecified atom stereocenters. The van der Waals surface area contributed by atoms with Gasteiger partial charge >= 0.3 is 0 Å². The van der Waals surface area contributed by atoms with Crippen molar-refractivity contribution in [2.45, 2.75) is 25.9 Å². The van der Waals surface area contributed by atoms with Gasteiger partial charge in [0.05, 0.1) is 27.0 Å². The van der Waals surface area contributed by atoms with Crippen LogP contribution in [0.3, 0.4) is 0 Å². The Morgan fingerprint density at radius 2 is 2.03 bits per heavy atom. The Morgan fingerprint density at radius 3 is 2.83 bits per heavy atom. The van der Waals surface area contributed by atoms with Gasteiger partial charge in [-0.05, 0) is 61.8 Å². The van der Waals surface area contributed by atoms with Crippen molar-refractivity contribution in [3.63, 3.8) is 0 Å². The van der Waals surface area contributed by atoms with Crippen LogP contribution in [0.5, 0.6) is 11.5 Å². The molecule has 4 N–H and O–H groups in total. The molecule has 3 heterocycles. The smallest absolute Gasteiger partial charge is 0.237 e. The number of benzene rings is 2. The lowest BCUT2D eigenvalue weighted by atomic mass is 10.1. The van der Waals surface area contributed by atoms with E-state index in [1.807, 2.05) is 52.5 Å². The maximum absolute atomic E-state index is 11.6. The highest BCUT2D eigenvalue weighted by Crippen LogP contribution is 2.36. The molecule has 0 spiro atoms. The van der Waals surface area contributed by atoms with Crippen LogP contribution in [0, 0.1) is 0 Å². The Kier molecular flexibility index (Phi) is 6.48. The van der Waals surface area contributed by atoms with Gasteiger partial charge in [0.25, 0.3) is 0 Å². The predicted molar refractivity (Wildman–Crippen MR) is 143 cm³/mol. The fourth-order valence-corrected chi connectivity index (χ4v) is 4.65. The van der Waals surface area contributed by atoms with Gasteiger partial charge in [0.15, 0.2) is 5.82 Å². The highest BCUT2D eigenvalue weighted by Gasteiger charge is 2.23. The van der Waals surface area contributed by atoms with Gasteiger partial charge in [0, 0.05) is 30.4 Å². The summed E-state index contributed by atoms with van der Waals surface area (Å²) in [5.74, 6) is 1.48. The van der Waals surface area contributed by atoms with Crippen LogP contribution in [0.2, 0.25) is 5.02 Å². The van der Waals surface area contributed by atoms with Crippen molar-refractivity contribution in [3.8, 4) is 11.5 Å². The molecule has 0 bridgehead atoms. The first kappa shape index (κ1) is 24.0. The molecule has 184 valence electrons. The predicted octanol–water partition coefficient (Wildman–Crippen LogP) is 5.08. The SMILES string of the molecule is CC(C)(NCCn1ccc2ncnc(Nc3ccc(Oc4cccc5nscc45)c(Cl)c3)c21)C(N)=O. The molecular formula is C25H24ClN7O2S. The molecule has 0 aliphatic carbocycles. The number of nitrogens with zero attached hydrogens (tertiary/aromatic N) is 4. The van der Waals surface area contributed by atoms with E-state index in [1.165, 1.54) is 17.9 Å². The Morgan fingerprint density at radius 1 is 1.17 bits per heavy atom. The first-order valence-electron chi connectivity index (χ1n) is 11.2. The highest BCUT2D eigenvalue weighted by molar-refractivity contribution is 7.04. The van der Waals surface area contributed by atoms with Gasteiger partial charge in [0.2, 0.25) is 5.91 Å². The number of hydrogen-bond donors (Lipinski definition) is 3. The van der Waals surface area contributed by atoms with E-state index in [1.54, 1.807) is 19.9 Å². The topological polar surface area (TPSA) is 120 Å². The summed E-state index contributed by atoms with van der Waals surface area (Å²) in [5.41, 5.74) is 7.93. The third-order valence-electron chi connectivity index (χ3n) is 5.87. The number of ether oxygens (including phenoxy) is 1. The van der Waals surface area contributed by atoms with Gasteiger partial charge in [-0.1, -0.05) is 17.7 Å². The minimum absolute atomic E-state index is 0.404. The van der Waals surface area contributed by atoms with E-state index in [2.05, 4.69) is 25.0 Å². The summed E-state index contributed by atoms with van der Waals surface area (Å²) in [7, 11) is 0. The molecule has 5 aromatic rings. The molecule has 0 saturated heterocycles. The molecule has 0 atom stereocenters. The second-order valence-corrected chi connectivity index (χ2v) is 9.79. The summed E-state index contributed by atoms with van der Waals surface area (Å²) in [4.78, 5) is 20.4. The molecule has 0 aliphatic rings. The van der Waals surface area contributed by atoms with E-state index in [0.717, 1.165) is 27.6 Å². The van der Waals surface area contributed by atoms with E-state index < -0.39 is 11.4 Å². The Bertz CT molecular complexity index is 1560. The standard InChI is InChI=1S/C25H24ClN7O2S/c1-25(2,24(27)34)30-9-11-33-10-8-19-22(33)23(29-14-28-19)31-15-6-7-21(17(26)12-15)35-20-5-3-4-18-16(20)13-36-32-18/h3-8,10,12-14,30H,9,11H2,1-2H3,(H2,27,34)(H,28,29,31). The molecule has 2 aromatic carbocycles. The van der Waals surface area contributed by atoms with Crippen LogP contribution < -0.4 is 21.1 Å². The minimum atomic E-state index is -0.799. The Labute approximate surface area is 216 Å². The van der Waals surface area contributed by atoms with Crippen LogP contribution in [0.1, 0.15) is 13.8 Å². The number of nitrogens with one attached hydrogen (secondary N) is 2. The number of anilines is 2. The molecule has 3 aromatic heterocycles. The van der Waals surface area contributed by atoms with Crippen LogP contribution in [0.4, 0.5) is 11.5 Å². The second-order valence-electron chi connectivity index (χ2n) is 8.76. The minimum Gasteiger partial charge on any atom is -0.455 e. The lowest BCUT2D eigenvalue weighted by Crippen LogP contribution is -2.51. The lowest BCUT2D eigenvalue weighted by Gasteiger charge is -2.22. The van der Waals surface area contributed by atoms with Gasteiger partial charge in [-0.25, -0.2) is 9.97 Å². The fraction of sp³-hybridized carbons (Fsp3) is 0.200. The Balaban J connectivity index is 1.35. The highest BCUT2D eigenvalue weighted by atomic mass is 35.5. The number of aromatic nitrogens is 4. The molecule has 5 rings (SSSR count). The van der Waals surface area contributed by atoms with Crippen molar-refractivity contribution in [1.29, 1.82) is 0 Å². The van der Waals surface area contributed by atoms with E-state index >= 15 is 0 Å². The number of hydrogen-bond acceptors (Lipinski definition) is 8. The third kappa shape index (κ3) is 4.83. The van der Waals surface area contributed by atoms with Crippen molar-refractivity contribution in [3.05, 3.63) is 65.4 Å². The van der Waals surface area contributed by atoms with Crippen molar-refractivity contribution in [2.24, 2.45) is 5.73 Å². The van der Waals surface area contributed by atoms with Crippen LogP contribution in [0.25, 0.3) is 21.9 Å². The molecule has 1 amide bonds. The number of halogens is 1. The number of carbonyl (C=O) groups is 1. The molecule has 11 heteroatoms. The normalized spacial score (nSPS) is 11.8. The summed E-state index contributed by atoms with van der Waals surface area (Å²) >= 11 is 7.96. The average Bonchev–Trinajstić information content (AvgIpc) is 3.49. The van der Waals surface area contributed by atoms with E-state index in [-0.39, 0.29) is 0 Å². The zero-order chi connectivity index (χ0) is 25.3. The fourth-order valence-electron chi connectivity index (χ4n) is 3.76. The molecule has 9 nitrogen and oxygen atoms in total. The van der Waals surface area contributed by atoms with E-state index in [9.17, 15) is 4.79 Å². The Hall–Kier alpha value is -3.73. The summed E-state index contributed by atoms with van der Waals surface area (Å²) in [6.45, 7) is 4.65. The van der Waals surface area contributed by atoms with Gasteiger partial charge < -0.3 is 25.7 Å². The monoisotopic (exact) mass is 521 g/mol. The number of nitrogens with two attached hydrogens (primary N) is 1. The van der Waals surface area contributed by atoms with E-state index in [0.29, 0.717) is 35.4 Å². The van der Waals surface area contributed by atoms with Crippen LogP contribution in [0.15, 0.2) is 60.4 Å². The molecule has 0 saturated carbocycles. The number of primary amides is 1. The van der Waals surface area contributed by atoms with Crippen LogP contribution >= 0.6 is 23.1 Å². The van der Waals surface area contributed by atoms with Crippen LogP contribution in [-0.4, -0.2) is 36.9 Å². The van der Waals surface area contributed by atoms with Crippen molar-refractivity contribution in [1.82, 2.24) is 24.2 Å². The third-order valence-corrected chi connectivity index (χ3v) is 6.80. The second kappa shape index (κ2) is 9.73. The van der Waals surface area contributed by atoms with Gasteiger partial charge in [-0.15, -0.1) is 0 Å². The summed E-state index contributed by atoms with van der Waals surface area (Å²) < 4.78 is 12.5. The van der Waals surface area contributed by atoms with Gasteiger partial charge in [-0.2, -0.15) is 4.37 Å². The van der Waals surface area contributed by atoms with Crippen molar-refractivity contribution >= 4 is 62.5 Å². The summed E-state index contributed by atoms with van der Waals surface area (Å²) in [6, 6.07) is 13.2. The van der Waals surface area contributed by atoms with E-state index in [4.69, 9.17) is 22.1 Å². The number of amides is 1. The summed E-state index contributed by atoms with van der Waals surface area (Å²) in [5, 5.41) is 9.88. The van der Waals surface area contributed by atoms with Gasteiger partial charge in [0.1, 0.15) is 23.3 Å². The van der Waals surface area contributed by atoms with Crippen LogP contribution in [-0.2, 0) is 11.3 Å². The molecule has 0 aliphatic heterocycles. The zero-order valence-corrected chi connectivity index (χ0v) is 21.2. The lowest BCUT2D eigenvalue weighted by molar-refractivity contribution is -0.123. The quantitative estimate of drug-likeness (QED) is 0.247. The number of fused-ring (bicyclic) bond motifs is 2. The number of carbonyl (C=O) groups excluding carboxylic acids is 1. The maximum atomic E-state index is 11.6. The molecule has 0 fully saturated rings. The molecular weight excluding hydrogens is 498 g/mol.